The van der Waals surface area contributed by atoms with Crippen LogP contribution < -0.4 is 25.8 Å². The van der Waals surface area contributed by atoms with E-state index in [1.54, 1.807) is 10.4 Å². The second-order valence-electron chi connectivity index (χ2n) is 18.7. The number of unbranched alkanes of at least 4 members (excludes halogenated alkanes) is 6. The Morgan fingerprint density at radius 1 is 0.484 bits per heavy atom. The van der Waals surface area contributed by atoms with Crippen molar-refractivity contribution in [1.82, 2.24) is 4.86 Å². The maximum absolute atomic E-state index is 6.26. The molecule has 334 valence electrons. The zero-order chi connectivity index (χ0) is 43.8. The van der Waals surface area contributed by atoms with Crippen molar-refractivity contribution >= 4 is 75.9 Å². The monoisotopic (exact) mass is 904 g/mol. The van der Waals surface area contributed by atoms with Crippen LogP contribution in [0.1, 0.15) is 137 Å². The molecule has 7 heteroatoms. The Bertz CT molecular complexity index is 2020. The van der Waals surface area contributed by atoms with Crippen molar-refractivity contribution in [2.75, 3.05) is 6.16 Å². The van der Waals surface area contributed by atoms with Gasteiger partial charge in [0.2, 0.25) is 0 Å². The van der Waals surface area contributed by atoms with Gasteiger partial charge in [-0.3, -0.25) is 4.86 Å². The molecule has 3 nitrogen and oxygen atoms in total. The fourth-order valence-corrected chi connectivity index (χ4v) is 25.5. The molecule has 0 saturated carbocycles. The molecule has 1 N–H and O–H groups in total. The predicted octanol–water partition coefficient (Wildman–Crippen LogP) is 15.8. The molecular formula is C55H79NO2P2Si2. The van der Waals surface area contributed by atoms with E-state index in [4.69, 9.17) is 8.83 Å². The third-order valence-corrected chi connectivity index (χ3v) is 29.3. The summed E-state index contributed by atoms with van der Waals surface area (Å²) in [5.74, 6) is 0. The molecule has 0 aliphatic carbocycles. The number of hydrogen-bond acceptors (Lipinski definition) is 3. The van der Waals surface area contributed by atoms with Crippen molar-refractivity contribution in [3.63, 3.8) is 0 Å². The average molecular weight is 904 g/mol. The first kappa shape index (κ1) is 48.7. The zero-order valence-electron chi connectivity index (χ0n) is 39.6. The number of nitrogens with one attached hydrogen (secondary N) is 1. The van der Waals surface area contributed by atoms with E-state index in [0.717, 1.165) is 28.1 Å². The molecule has 0 spiro atoms. The third-order valence-electron chi connectivity index (χ3n) is 14.3. The second-order valence-corrected chi connectivity index (χ2v) is 31.3. The minimum atomic E-state index is -1.62. The van der Waals surface area contributed by atoms with E-state index in [-0.39, 0.29) is 5.41 Å². The van der Waals surface area contributed by atoms with Crippen LogP contribution in [0.2, 0.25) is 36.3 Å². The van der Waals surface area contributed by atoms with Crippen molar-refractivity contribution in [3.05, 3.63) is 121 Å². The molecule has 4 aromatic carbocycles. The van der Waals surface area contributed by atoms with Gasteiger partial charge < -0.3 is 8.83 Å². The number of para-hydroxylation sites is 2. The molecule has 0 aliphatic rings. The molecule has 6 aromatic rings. The Hall–Kier alpha value is -2.79. The van der Waals surface area contributed by atoms with Crippen LogP contribution in [0.5, 0.6) is 0 Å². The molecule has 0 fully saturated rings. The topological polar surface area (TPSA) is 38.3 Å². The van der Waals surface area contributed by atoms with Gasteiger partial charge in [-0.2, -0.15) is 0 Å². The van der Waals surface area contributed by atoms with Gasteiger partial charge in [0.1, 0.15) is 11.2 Å². The summed E-state index contributed by atoms with van der Waals surface area (Å²) < 4.78 is 12.5. The highest BCUT2D eigenvalue weighted by Gasteiger charge is 2.37. The number of furan rings is 2. The van der Waals surface area contributed by atoms with Crippen molar-refractivity contribution in [3.8, 4) is 0 Å². The zero-order valence-corrected chi connectivity index (χ0v) is 43.5. The van der Waals surface area contributed by atoms with E-state index in [0.29, 0.717) is 8.73 Å². The fraction of sp³-hybridized carbons (Fsp3) is 0.491. The lowest BCUT2D eigenvalue weighted by Crippen LogP contribution is -2.48. The minimum Gasteiger partial charge on any atom is -0.464 e. The number of benzene rings is 4. The highest BCUT2D eigenvalue weighted by atomic mass is 31.2. The lowest BCUT2D eigenvalue weighted by molar-refractivity contribution is 0.569. The summed E-state index contributed by atoms with van der Waals surface area (Å²) in [5.41, 5.74) is 4.04. The number of fused-ring (bicyclic) bond motifs is 2. The molecule has 62 heavy (non-hydrogen) atoms. The second kappa shape index (κ2) is 23.9. The van der Waals surface area contributed by atoms with Crippen LogP contribution >= 0.6 is 16.8 Å². The minimum absolute atomic E-state index is 0.346. The SMILES string of the molecule is CCCC[Si](CCCC)(CCCC)c1ccc(P(NPCC(C)(c2cccc3ccoc23)c2cccc3ccoc23)c2ccc([Si](CCCC)(CCCC)CCCC)cc2)cc1. The van der Waals surface area contributed by atoms with Gasteiger partial charge in [-0.05, 0) is 37.6 Å². The molecular weight excluding hydrogens is 825 g/mol. The van der Waals surface area contributed by atoms with Crippen LogP contribution in [0, 0.1) is 0 Å². The summed E-state index contributed by atoms with van der Waals surface area (Å²) in [4.78, 5) is 4.31. The van der Waals surface area contributed by atoms with Crippen LogP contribution in [0.15, 0.2) is 118 Å². The van der Waals surface area contributed by atoms with Gasteiger partial charge in [-0.15, -0.1) is 0 Å². The van der Waals surface area contributed by atoms with Gasteiger partial charge in [-0.1, -0.05) is 257 Å². The maximum Gasteiger partial charge on any atom is 0.137 e. The smallest absolute Gasteiger partial charge is 0.137 e. The van der Waals surface area contributed by atoms with Crippen molar-refractivity contribution < 1.29 is 8.83 Å². The molecule has 1 unspecified atom stereocenters. The molecule has 1 atom stereocenters. The summed E-state index contributed by atoms with van der Waals surface area (Å²) in [6.45, 7) is 16.7. The van der Waals surface area contributed by atoms with Crippen LogP contribution in [-0.4, -0.2) is 22.3 Å². The standard InChI is InChI=1S/C55H79NO2P2Si2/c1-8-14-38-61(39-15-9-2,40-16-10-3)49-30-26-47(27-31-49)60(48-28-32-50(33-29-48)62(41-17-11-4,42-18-12-5)43-19-13-6)56-59-44-55(7,51-24-20-22-45-34-36-57-53(45)51)52-25-21-23-46-35-37-58-54(46)52/h20-37,56,59H,8-19,38-44H2,1-7H3. The average Bonchev–Trinajstić information content (AvgIpc) is 4.01. The molecule has 2 heterocycles. The van der Waals surface area contributed by atoms with E-state index < -0.39 is 24.2 Å². The van der Waals surface area contributed by atoms with Gasteiger partial charge in [0.05, 0.1) is 28.7 Å². The normalized spacial score (nSPS) is 12.8. The van der Waals surface area contributed by atoms with Crippen molar-refractivity contribution in [1.29, 1.82) is 0 Å². The van der Waals surface area contributed by atoms with Crippen LogP contribution in [-0.2, 0) is 5.41 Å². The van der Waals surface area contributed by atoms with E-state index in [1.165, 1.54) is 135 Å². The fourth-order valence-electron chi connectivity index (χ4n) is 10.4. The first-order valence-electron chi connectivity index (χ1n) is 24.7. The van der Waals surface area contributed by atoms with Gasteiger partial charge >= 0.3 is 0 Å². The Kier molecular flexibility index (Phi) is 18.8. The Labute approximate surface area is 381 Å². The molecule has 0 saturated heterocycles. The van der Waals surface area contributed by atoms with Gasteiger partial charge in [0.25, 0.3) is 0 Å². The van der Waals surface area contributed by atoms with Gasteiger partial charge in [-0.25, -0.2) is 0 Å². The molecule has 0 bridgehead atoms. The van der Waals surface area contributed by atoms with Gasteiger partial charge in [0, 0.05) is 35.4 Å². The quantitative estimate of drug-likeness (QED) is 0.0394. The first-order chi connectivity index (χ1) is 30.3. The first-order valence-corrected chi connectivity index (χ1v) is 32.5. The lowest BCUT2D eigenvalue weighted by atomic mass is 9.76. The van der Waals surface area contributed by atoms with Crippen molar-refractivity contribution in [2.45, 2.75) is 167 Å². The highest BCUT2D eigenvalue weighted by Crippen LogP contribution is 2.45. The third kappa shape index (κ3) is 11.3. The Morgan fingerprint density at radius 3 is 1.18 bits per heavy atom. The molecule has 2 aromatic heterocycles. The van der Waals surface area contributed by atoms with Gasteiger partial charge in [0.15, 0.2) is 0 Å². The largest absolute Gasteiger partial charge is 0.464 e. The molecule has 0 amide bonds. The molecule has 0 radical (unpaired) electrons. The Balaban J connectivity index is 1.40. The Morgan fingerprint density at radius 2 is 0.839 bits per heavy atom. The number of rotatable bonds is 28. The molecule has 0 aliphatic heterocycles. The summed E-state index contributed by atoms with van der Waals surface area (Å²) in [5, 5.41) is 8.59. The molecule has 6 rings (SSSR count). The van der Waals surface area contributed by atoms with Crippen LogP contribution in [0.3, 0.4) is 0 Å². The summed E-state index contributed by atoms with van der Waals surface area (Å²) >= 11 is 0. The lowest BCUT2D eigenvalue weighted by Gasteiger charge is -2.34. The summed E-state index contributed by atoms with van der Waals surface area (Å²) in [7, 11) is -3.53. The maximum atomic E-state index is 6.26. The van der Waals surface area contributed by atoms with E-state index in [1.807, 2.05) is 12.5 Å². The van der Waals surface area contributed by atoms with Crippen LogP contribution in [0.25, 0.3) is 21.9 Å². The summed E-state index contributed by atoms with van der Waals surface area (Å²) in [6, 6.07) is 46.7. The van der Waals surface area contributed by atoms with Crippen LogP contribution in [0.4, 0.5) is 0 Å². The van der Waals surface area contributed by atoms with E-state index >= 15 is 0 Å². The van der Waals surface area contributed by atoms with E-state index in [2.05, 4.69) is 150 Å². The van der Waals surface area contributed by atoms with E-state index in [9.17, 15) is 0 Å². The predicted molar refractivity (Wildman–Crippen MR) is 283 cm³/mol. The number of hydrogen-bond donors (Lipinski definition) is 1. The highest BCUT2D eigenvalue weighted by molar-refractivity contribution is 7.76. The van der Waals surface area contributed by atoms with Crippen molar-refractivity contribution in [2.24, 2.45) is 0 Å². The summed E-state index contributed by atoms with van der Waals surface area (Å²) in [6.07, 6.45) is 20.5.